The molecule has 0 heterocycles. The van der Waals surface area contributed by atoms with Crippen LogP contribution in [0.3, 0.4) is 0 Å². The molecule has 62 valence electrons. The number of aliphatic hydroxyl groups excluding tert-OH is 1. The van der Waals surface area contributed by atoms with Crippen molar-refractivity contribution in [3.63, 3.8) is 0 Å². The van der Waals surface area contributed by atoms with E-state index in [2.05, 4.69) is 18.1 Å². The molecule has 10 heavy (non-hydrogen) atoms. The van der Waals surface area contributed by atoms with Gasteiger partial charge in [-0.2, -0.15) is 11.8 Å². The fraction of sp³-hybridized carbons (Fsp3) is 1.00. The number of rotatable bonds is 5. The second-order valence-corrected chi connectivity index (χ2v) is 3.42. The zero-order valence-electron chi connectivity index (χ0n) is 7.00. The second kappa shape index (κ2) is 6.01. The SMILES string of the molecule is CSCC(C)N(C)CCO. The Morgan fingerprint density at radius 1 is 1.60 bits per heavy atom. The molecule has 0 aromatic rings. The molecule has 2 nitrogen and oxygen atoms in total. The van der Waals surface area contributed by atoms with E-state index in [0.29, 0.717) is 6.04 Å². The fourth-order valence-corrected chi connectivity index (χ4v) is 1.48. The van der Waals surface area contributed by atoms with E-state index in [4.69, 9.17) is 5.11 Å². The largest absolute Gasteiger partial charge is 0.395 e. The molecule has 0 saturated heterocycles. The third-order valence-corrected chi connectivity index (χ3v) is 2.43. The summed E-state index contributed by atoms with van der Waals surface area (Å²) in [5.41, 5.74) is 0. The molecule has 1 N–H and O–H groups in total. The maximum Gasteiger partial charge on any atom is 0.0558 e. The van der Waals surface area contributed by atoms with Crippen LogP contribution in [0.15, 0.2) is 0 Å². The first-order valence-corrected chi connectivity index (χ1v) is 4.91. The van der Waals surface area contributed by atoms with Gasteiger partial charge in [-0.1, -0.05) is 0 Å². The van der Waals surface area contributed by atoms with Crippen molar-refractivity contribution in [1.29, 1.82) is 0 Å². The summed E-state index contributed by atoms with van der Waals surface area (Å²) in [6.45, 7) is 3.21. The van der Waals surface area contributed by atoms with Crippen molar-refractivity contribution in [3.05, 3.63) is 0 Å². The number of likely N-dealkylation sites (N-methyl/N-ethyl adjacent to an activating group) is 1. The van der Waals surface area contributed by atoms with E-state index >= 15 is 0 Å². The van der Waals surface area contributed by atoms with Crippen LogP contribution in [0.5, 0.6) is 0 Å². The van der Waals surface area contributed by atoms with Gasteiger partial charge in [0.1, 0.15) is 0 Å². The van der Waals surface area contributed by atoms with Gasteiger partial charge < -0.3 is 10.0 Å². The average Bonchev–Trinajstić information content (AvgIpc) is 1.89. The van der Waals surface area contributed by atoms with Crippen LogP contribution in [0.4, 0.5) is 0 Å². The normalized spacial score (nSPS) is 14.1. The molecular weight excluding hydrogens is 146 g/mol. The molecule has 3 heteroatoms. The highest BCUT2D eigenvalue weighted by atomic mass is 32.2. The van der Waals surface area contributed by atoms with Crippen LogP contribution < -0.4 is 0 Å². The van der Waals surface area contributed by atoms with Crippen molar-refractivity contribution in [2.24, 2.45) is 0 Å². The number of thioether (sulfide) groups is 1. The minimum absolute atomic E-state index is 0.259. The summed E-state index contributed by atoms with van der Waals surface area (Å²) >= 11 is 1.84. The summed E-state index contributed by atoms with van der Waals surface area (Å²) in [6, 6.07) is 0.571. The van der Waals surface area contributed by atoms with E-state index in [1.165, 1.54) is 0 Å². The van der Waals surface area contributed by atoms with Gasteiger partial charge in [-0.3, -0.25) is 0 Å². The number of aliphatic hydroxyl groups is 1. The highest BCUT2D eigenvalue weighted by Crippen LogP contribution is 2.02. The van der Waals surface area contributed by atoms with Crippen LogP contribution in [-0.4, -0.2) is 48.3 Å². The van der Waals surface area contributed by atoms with Crippen LogP contribution in [0.2, 0.25) is 0 Å². The smallest absolute Gasteiger partial charge is 0.0558 e. The van der Waals surface area contributed by atoms with Crippen molar-refractivity contribution >= 4 is 11.8 Å². The molecule has 0 bridgehead atoms. The minimum Gasteiger partial charge on any atom is -0.395 e. The lowest BCUT2D eigenvalue weighted by molar-refractivity contribution is 0.197. The van der Waals surface area contributed by atoms with Crippen LogP contribution in [0.25, 0.3) is 0 Å². The van der Waals surface area contributed by atoms with Crippen LogP contribution >= 0.6 is 11.8 Å². The lowest BCUT2D eigenvalue weighted by atomic mass is 10.3. The van der Waals surface area contributed by atoms with Gasteiger partial charge in [0.25, 0.3) is 0 Å². The van der Waals surface area contributed by atoms with Gasteiger partial charge in [0.05, 0.1) is 6.61 Å². The molecule has 0 fully saturated rings. The lowest BCUT2D eigenvalue weighted by Gasteiger charge is -2.22. The van der Waals surface area contributed by atoms with Crippen molar-refractivity contribution in [1.82, 2.24) is 4.90 Å². The molecule has 0 aliphatic carbocycles. The Labute approximate surface area is 67.6 Å². The standard InChI is InChI=1S/C7H17NOS/c1-7(6-10-3)8(2)4-5-9/h7,9H,4-6H2,1-3H3. The summed E-state index contributed by atoms with van der Waals surface area (Å²) in [6.07, 6.45) is 2.10. The molecule has 0 radical (unpaired) electrons. The Hall–Kier alpha value is 0.270. The van der Waals surface area contributed by atoms with Crippen molar-refractivity contribution in [2.45, 2.75) is 13.0 Å². The monoisotopic (exact) mass is 163 g/mol. The van der Waals surface area contributed by atoms with Crippen molar-refractivity contribution in [3.8, 4) is 0 Å². The highest BCUT2D eigenvalue weighted by molar-refractivity contribution is 7.98. The van der Waals surface area contributed by atoms with Gasteiger partial charge >= 0.3 is 0 Å². The summed E-state index contributed by atoms with van der Waals surface area (Å²) in [4.78, 5) is 2.16. The van der Waals surface area contributed by atoms with Gasteiger partial charge in [0.2, 0.25) is 0 Å². The predicted molar refractivity (Wildman–Crippen MR) is 47.6 cm³/mol. The minimum atomic E-state index is 0.259. The van der Waals surface area contributed by atoms with Crippen LogP contribution in [0, 0.1) is 0 Å². The van der Waals surface area contributed by atoms with Gasteiger partial charge in [-0.25, -0.2) is 0 Å². The molecule has 1 atom stereocenters. The highest BCUT2D eigenvalue weighted by Gasteiger charge is 2.05. The van der Waals surface area contributed by atoms with Gasteiger partial charge in [0, 0.05) is 18.3 Å². The third-order valence-electron chi connectivity index (χ3n) is 1.61. The van der Waals surface area contributed by atoms with E-state index in [0.717, 1.165) is 12.3 Å². The Morgan fingerprint density at radius 3 is 2.60 bits per heavy atom. The summed E-state index contributed by atoms with van der Waals surface area (Å²) in [5.74, 6) is 1.14. The quantitative estimate of drug-likeness (QED) is 0.644. The maximum atomic E-state index is 8.61. The van der Waals surface area contributed by atoms with Crippen LogP contribution in [0.1, 0.15) is 6.92 Å². The second-order valence-electron chi connectivity index (χ2n) is 2.51. The van der Waals surface area contributed by atoms with Crippen LogP contribution in [-0.2, 0) is 0 Å². The van der Waals surface area contributed by atoms with E-state index in [9.17, 15) is 0 Å². The van der Waals surface area contributed by atoms with Crippen molar-refractivity contribution in [2.75, 3.05) is 32.2 Å². The molecule has 1 unspecified atom stereocenters. The zero-order valence-corrected chi connectivity index (χ0v) is 7.82. The first kappa shape index (κ1) is 10.3. The third kappa shape index (κ3) is 4.14. The summed E-state index contributed by atoms with van der Waals surface area (Å²) in [5, 5.41) is 8.61. The van der Waals surface area contributed by atoms with E-state index in [-0.39, 0.29) is 6.61 Å². The van der Waals surface area contributed by atoms with E-state index in [1.54, 1.807) is 0 Å². The van der Waals surface area contributed by atoms with Gasteiger partial charge in [-0.15, -0.1) is 0 Å². The first-order valence-electron chi connectivity index (χ1n) is 3.52. The molecule has 0 rings (SSSR count). The summed E-state index contributed by atoms with van der Waals surface area (Å²) < 4.78 is 0. The van der Waals surface area contributed by atoms with E-state index in [1.807, 2.05) is 18.8 Å². The van der Waals surface area contributed by atoms with E-state index < -0.39 is 0 Å². The van der Waals surface area contributed by atoms with Gasteiger partial charge in [0.15, 0.2) is 0 Å². The number of hydrogen-bond donors (Lipinski definition) is 1. The molecule has 0 saturated carbocycles. The molecule has 0 aromatic carbocycles. The first-order chi connectivity index (χ1) is 4.72. The number of nitrogens with zero attached hydrogens (tertiary/aromatic N) is 1. The average molecular weight is 163 g/mol. The maximum absolute atomic E-state index is 8.61. The topological polar surface area (TPSA) is 23.5 Å². The zero-order chi connectivity index (χ0) is 7.98. The molecule has 0 aliphatic heterocycles. The molecule has 0 aromatic heterocycles. The lowest BCUT2D eigenvalue weighted by Crippen LogP contribution is -2.33. The fourth-order valence-electron chi connectivity index (χ4n) is 0.747. The molecule has 0 spiro atoms. The molecule has 0 amide bonds. The molecule has 0 aliphatic rings. The number of hydrogen-bond acceptors (Lipinski definition) is 3. The molecular formula is C7H17NOS. The van der Waals surface area contributed by atoms with Crippen molar-refractivity contribution < 1.29 is 5.11 Å². The Balaban J connectivity index is 3.38. The Bertz CT molecular complexity index is 70.0. The predicted octanol–water partition coefficient (Wildman–Crippen LogP) is 0.662. The summed E-state index contributed by atoms with van der Waals surface area (Å²) in [7, 11) is 2.04. The Morgan fingerprint density at radius 2 is 2.20 bits per heavy atom. The Kier molecular flexibility index (Phi) is 6.17. The van der Waals surface area contributed by atoms with Gasteiger partial charge in [-0.05, 0) is 20.2 Å².